The summed E-state index contributed by atoms with van der Waals surface area (Å²) in [6.45, 7) is 0. The lowest BCUT2D eigenvalue weighted by Gasteiger charge is -2.11. The van der Waals surface area contributed by atoms with Crippen LogP contribution in [0.25, 0.3) is 76.8 Å². The Hall–Kier alpha value is -5.60. The summed E-state index contributed by atoms with van der Waals surface area (Å²) in [6, 6.07) is 55.0. The first-order valence-corrected chi connectivity index (χ1v) is 14.4. The Morgan fingerprint density at radius 2 is 1.02 bits per heavy atom. The van der Waals surface area contributed by atoms with Gasteiger partial charge in [-0.05, 0) is 87.3 Å². The predicted molar refractivity (Wildman–Crippen MR) is 178 cm³/mol. The van der Waals surface area contributed by atoms with E-state index < -0.39 is 0 Å². The van der Waals surface area contributed by atoms with E-state index in [0.717, 1.165) is 0 Å². The van der Waals surface area contributed by atoms with Crippen molar-refractivity contribution in [1.29, 1.82) is 0 Å². The molecule has 42 heavy (non-hydrogen) atoms. The minimum absolute atomic E-state index is 1.17. The number of hydrogen-bond acceptors (Lipinski definition) is 0. The summed E-state index contributed by atoms with van der Waals surface area (Å²) in [6.07, 6.45) is 2.19. The molecule has 0 N–H and O–H groups in total. The molecule has 0 aliphatic heterocycles. The quantitative estimate of drug-likeness (QED) is 0.200. The molecule has 0 bridgehead atoms. The molecule has 0 amide bonds. The maximum absolute atomic E-state index is 2.40. The van der Waals surface area contributed by atoms with Crippen LogP contribution in [-0.4, -0.2) is 9.13 Å². The van der Waals surface area contributed by atoms with E-state index in [9.17, 15) is 0 Å². The van der Waals surface area contributed by atoms with Gasteiger partial charge in [-0.25, -0.2) is 0 Å². The monoisotopic (exact) mass is 534 g/mol. The van der Waals surface area contributed by atoms with Crippen molar-refractivity contribution < 1.29 is 0 Å². The summed E-state index contributed by atoms with van der Waals surface area (Å²) in [5.41, 5.74) is 8.45. The van der Waals surface area contributed by atoms with Gasteiger partial charge in [0.25, 0.3) is 0 Å². The van der Waals surface area contributed by atoms with Gasteiger partial charge in [0, 0.05) is 33.7 Å². The van der Waals surface area contributed by atoms with Gasteiger partial charge in [-0.2, -0.15) is 0 Å². The Morgan fingerprint density at radius 3 is 1.90 bits per heavy atom. The first-order valence-electron chi connectivity index (χ1n) is 14.4. The fraction of sp³-hybridized carbons (Fsp3) is 0. The molecule has 2 heteroatoms. The lowest BCUT2D eigenvalue weighted by atomic mass is 9.97. The third-order valence-electron chi connectivity index (χ3n) is 8.74. The second kappa shape index (κ2) is 8.95. The average Bonchev–Trinajstić information content (AvgIpc) is 3.64. The summed E-state index contributed by atoms with van der Waals surface area (Å²) in [4.78, 5) is 0. The number of rotatable bonds is 3. The number of fused-ring (bicyclic) bond motifs is 8. The van der Waals surface area contributed by atoms with Crippen molar-refractivity contribution in [3.8, 4) is 22.5 Å². The van der Waals surface area contributed by atoms with Crippen molar-refractivity contribution >= 4 is 54.3 Å². The van der Waals surface area contributed by atoms with E-state index in [-0.39, 0.29) is 0 Å². The van der Waals surface area contributed by atoms with E-state index in [4.69, 9.17) is 0 Å². The molecule has 2 aromatic heterocycles. The molecule has 0 aliphatic carbocycles. The molecule has 0 radical (unpaired) electrons. The molecule has 196 valence electrons. The van der Waals surface area contributed by atoms with Crippen LogP contribution >= 0.6 is 0 Å². The van der Waals surface area contributed by atoms with Crippen LogP contribution < -0.4 is 0 Å². The SMILES string of the molecule is c1ccc(-n2ccc3c4c5ccccc5n(-c5ccc(-c6ccc7c(ccc8ccccc87)c6)cc5)c4ccc32)cc1. The number of nitrogens with zero attached hydrogens (tertiary/aromatic N) is 2. The van der Waals surface area contributed by atoms with E-state index >= 15 is 0 Å². The molecule has 7 aromatic carbocycles. The Balaban J connectivity index is 1.18. The van der Waals surface area contributed by atoms with E-state index in [0.29, 0.717) is 0 Å². The van der Waals surface area contributed by atoms with Gasteiger partial charge >= 0.3 is 0 Å². The molecule has 0 saturated heterocycles. The van der Waals surface area contributed by atoms with Crippen molar-refractivity contribution in [2.24, 2.45) is 0 Å². The Labute approximate surface area is 243 Å². The summed E-state index contributed by atoms with van der Waals surface area (Å²) in [5, 5.41) is 8.99. The van der Waals surface area contributed by atoms with Crippen LogP contribution in [0.2, 0.25) is 0 Å². The van der Waals surface area contributed by atoms with Crippen LogP contribution in [0.15, 0.2) is 158 Å². The van der Waals surface area contributed by atoms with Crippen LogP contribution in [0.3, 0.4) is 0 Å². The van der Waals surface area contributed by atoms with Gasteiger partial charge in [0.05, 0.1) is 16.6 Å². The second-order valence-electron chi connectivity index (χ2n) is 11.0. The largest absolute Gasteiger partial charge is 0.317 e. The van der Waals surface area contributed by atoms with E-state index in [2.05, 4.69) is 167 Å². The normalized spacial score (nSPS) is 11.8. The minimum atomic E-state index is 1.17. The molecule has 9 rings (SSSR count). The third-order valence-corrected chi connectivity index (χ3v) is 8.74. The minimum Gasteiger partial charge on any atom is -0.317 e. The number of benzene rings is 7. The summed E-state index contributed by atoms with van der Waals surface area (Å²) < 4.78 is 4.68. The highest BCUT2D eigenvalue weighted by atomic mass is 15.0. The Kier molecular flexibility index (Phi) is 4.93. The fourth-order valence-electron chi connectivity index (χ4n) is 6.77. The van der Waals surface area contributed by atoms with Crippen molar-refractivity contribution in [3.63, 3.8) is 0 Å². The van der Waals surface area contributed by atoms with Crippen molar-refractivity contribution in [2.75, 3.05) is 0 Å². The molecule has 0 saturated carbocycles. The first-order chi connectivity index (χ1) is 20.8. The third kappa shape index (κ3) is 3.39. The van der Waals surface area contributed by atoms with Crippen molar-refractivity contribution in [2.45, 2.75) is 0 Å². The van der Waals surface area contributed by atoms with Gasteiger partial charge in [0.2, 0.25) is 0 Å². The number of aromatic nitrogens is 2. The lowest BCUT2D eigenvalue weighted by molar-refractivity contribution is 1.13. The van der Waals surface area contributed by atoms with Crippen LogP contribution in [-0.2, 0) is 0 Å². The highest BCUT2D eigenvalue weighted by Crippen LogP contribution is 2.38. The van der Waals surface area contributed by atoms with Gasteiger partial charge < -0.3 is 9.13 Å². The second-order valence-corrected chi connectivity index (χ2v) is 11.0. The van der Waals surface area contributed by atoms with E-state index in [1.54, 1.807) is 0 Å². The van der Waals surface area contributed by atoms with Gasteiger partial charge in [0.1, 0.15) is 0 Å². The zero-order chi connectivity index (χ0) is 27.6. The van der Waals surface area contributed by atoms with Gasteiger partial charge in [-0.15, -0.1) is 0 Å². The highest BCUT2D eigenvalue weighted by Gasteiger charge is 2.16. The molecule has 2 nitrogen and oxygen atoms in total. The number of para-hydroxylation sites is 2. The van der Waals surface area contributed by atoms with Crippen LogP contribution in [0, 0.1) is 0 Å². The van der Waals surface area contributed by atoms with Gasteiger partial charge in [-0.3, -0.25) is 0 Å². The van der Waals surface area contributed by atoms with E-state index in [1.165, 1.54) is 76.8 Å². The molecule has 0 atom stereocenters. The topological polar surface area (TPSA) is 9.86 Å². The van der Waals surface area contributed by atoms with Crippen molar-refractivity contribution in [3.05, 3.63) is 158 Å². The highest BCUT2D eigenvalue weighted by molar-refractivity contribution is 6.21. The lowest BCUT2D eigenvalue weighted by Crippen LogP contribution is -1.94. The molecule has 0 aliphatic rings. The molecule has 0 spiro atoms. The van der Waals surface area contributed by atoms with Crippen molar-refractivity contribution in [1.82, 2.24) is 9.13 Å². The molecular weight excluding hydrogens is 508 g/mol. The molecule has 2 heterocycles. The van der Waals surface area contributed by atoms with Crippen LogP contribution in [0.1, 0.15) is 0 Å². The van der Waals surface area contributed by atoms with Gasteiger partial charge in [0.15, 0.2) is 0 Å². The van der Waals surface area contributed by atoms with Crippen LogP contribution in [0.5, 0.6) is 0 Å². The summed E-state index contributed by atoms with van der Waals surface area (Å²) in [7, 11) is 0. The first kappa shape index (κ1) is 23.1. The molecule has 0 fully saturated rings. The summed E-state index contributed by atoms with van der Waals surface area (Å²) >= 11 is 0. The maximum Gasteiger partial charge on any atom is 0.0548 e. The summed E-state index contributed by atoms with van der Waals surface area (Å²) in [5.74, 6) is 0. The Bertz CT molecular complexity index is 2440. The smallest absolute Gasteiger partial charge is 0.0548 e. The maximum atomic E-state index is 2.40. The number of hydrogen-bond donors (Lipinski definition) is 0. The fourth-order valence-corrected chi connectivity index (χ4v) is 6.77. The molecular formula is C40H26N2. The zero-order valence-corrected chi connectivity index (χ0v) is 22.9. The zero-order valence-electron chi connectivity index (χ0n) is 22.9. The Morgan fingerprint density at radius 1 is 0.357 bits per heavy atom. The molecule has 0 unspecified atom stereocenters. The van der Waals surface area contributed by atoms with Crippen LogP contribution in [0.4, 0.5) is 0 Å². The standard InChI is InChI=1S/C40H26N2/c1-2-9-31(10-3-1)41-25-24-36-37(41)22-23-39-40(36)35-12-6-7-13-38(35)42(39)32-19-16-27(17-20-32)29-18-21-34-30(26-29)15-14-28-8-4-5-11-33(28)34/h1-26H. The predicted octanol–water partition coefficient (Wildman–Crippen LogP) is 10.7. The van der Waals surface area contributed by atoms with Gasteiger partial charge in [-0.1, -0.05) is 97.1 Å². The van der Waals surface area contributed by atoms with E-state index in [1.807, 2.05) is 0 Å². The molecule has 9 aromatic rings. The average molecular weight is 535 g/mol.